The maximum absolute atomic E-state index is 11.7. The zero-order valence-electron chi connectivity index (χ0n) is 9.76. The topological polar surface area (TPSA) is 26.3 Å². The molecular weight excluding hydrogens is 195 g/mol. The van der Waals surface area contributed by atoms with E-state index in [0.717, 1.165) is 10.9 Å². The predicted octanol–water partition coefficient (Wildman–Crippen LogP) is 3.02. The second kappa shape index (κ2) is 3.51. The lowest BCUT2D eigenvalue weighted by Crippen LogP contribution is -2.07. The molecule has 0 atom stereocenters. The molecule has 0 aromatic carbocycles. The largest absolute Gasteiger partial charge is 0.463 e. The Kier molecular flexibility index (Phi) is 2.87. The maximum Gasteiger partial charge on any atom is 0.374 e. The lowest BCUT2D eigenvalue weighted by Gasteiger charge is -2.15. The maximum atomic E-state index is 11.7. The van der Waals surface area contributed by atoms with E-state index in [4.69, 9.17) is 4.74 Å². The first-order valence-corrected chi connectivity index (χ1v) is 7.34. The van der Waals surface area contributed by atoms with Crippen LogP contribution in [0.15, 0.2) is 21.8 Å². The minimum atomic E-state index is -1.39. The molecule has 0 aromatic rings. The van der Waals surface area contributed by atoms with Crippen LogP contribution in [0.3, 0.4) is 0 Å². The number of methoxy groups -OCH3 is 1. The number of carbonyl (C=O) groups excluding carboxylic acids is 1. The molecule has 0 aromatic heterocycles. The minimum absolute atomic E-state index is 0.156. The summed E-state index contributed by atoms with van der Waals surface area (Å²) in [5.41, 5.74) is 2.39. The molecule has 0 saturated carbocycles. The molecule has 0 bridgehead atoms. The smallest absolute Gasteiger partial charge is 0.374 e. The van der Waals surface area contributed by atoms with Crippen molar-refractivity contribution < 1.29 is 9.53 Å². The highest BCUT2D eigenvalue weighted by Gasteiger charge is 2.46. The summed E-state index contributed by atoms with van der Waals surface area (Å²) >= 11 is 0. The first kappa shape index (κ1) is 11.5. The zero-order chi connectivity index (χ0) is 11.1. The van der Waals surface area contributed by atoms with Gasteiger partial charge in [0, 0.05) is 5.57 Å². The van der Waals surface area contributed by atoms with E-state index >= 15 is 0 Å². The summed E-state index contributed by atoms with van der Waals surface area (Å²) in [7, 11) is 0.0554. The van der Waals surface area contributed by atoms with E-state index in [9.17, 15) is 4.79 Å². The predicted molar refractivity (Wildman–Crippen MR) is 61.9 cm³/mol. The Hall–Kier alpha value is -0.620. The molecule has 78 valence electrons. The van der Waals surface area contributed by atoms with Crippen molar-refractivity contribution in [1.29, 1.82) is 0 Å². The summed E-state index contributed by atoms with van der Waals surface area (Å²) in [6, 6.07) is 0. The molecule has 1 aliphatic heterocycles. The molecule has 0 radical (unpaired) electrons. The summed E-state index contributed by atoms with van der Waals surface area (Å²) in [6.07, 6.45) is 0. The molecule has 2 nitrogen and oxygen atoms in total. The second-order valence-electron chi connectivity index (χ2n) is 4.13. The van der Waals surface area contributed by atoms with Gasteiger partial charge in [0.05, 0.1) is 33.0 Å². The van der Waals surface area contributed by atoms with Crippen molar-refractivity contribution in [2.75, 3.05) is 20.4 Å². The van der Waals surface area contributed by atoms with Crippen LogP contribution in [0.5, 0.6) is 0 Å². The number of rotatable bonds is 1. The minimum Gasteiger partial charge on any atom is -0.463 e. The van der Waals surface area contributed by atoms with Gasteiger partial charge in [-0.15, -0.1) is 0 Å². The number of hydrogen-bond donors (Lipinski definition) is 0. The van der Waals surface area contributed by atoms with Crippen LogP contribution >= 0.6 is 7.26 Å². The van der Waals surface area contributed by atoms with E-state index in [1.165, 1.54) is 18.0 Å². The summed E-state index contributed by atoms with van der Waals surface area (Å²) < 4.78 is 4.84. The van der Waals surface area contributed by atoms with Gasteiger partial charge in [-0.1, -0.05) is 0 Å². The molecule has 0 spiro atoms. The third kappa shape index (κ3) is 1.42. The number of allylic oxidation sites excluding steroid dienone is 3. The summed E-state index contributed by atoms with van der Waals surface area (Å²) in [5.74, 6) is -0.156. The molecule has 1 heterocycles. The Morgan fingerprint density at radius 1 is 1.14 bits per heavy atom. The molecule has 0 fully saturated rings. The van der Waals surface area contributed by atoms with E-state index in [0.29, 0.717) is 0 Å². The van der Waals surface area contributed by atoms with Crippen molar-refractivity contribution in [3.8, 4) is 0 Å². The van der Waals surface area contributed by atoms with E-state index in [-0.39, 0.29) is 5.97 Å². The Morgan fingerprint density at radius 2 is 1.64 bits per heavy atom. The van der Waals surface area contributed by atoms with Gasteiger partial charge in [-0.05, 0) is 26.3 Å². The van der Waals surface area contributed by atoms with Crippen LogP contribution in [-0.4, -0.2) is 26.4 Å². The Labute approximate surface area is 86.4 Å². The highest BCUT2D eigenvalue weighted by Crippen LogP contribution is 2.71. The number of ether oxygens (including phenoxy) is 1. The first-order chi connectivity index (χ1) is 6.34. The lowest BCUT2D eigenvalue weighted by molar-refractivity contribution is -0.135. The number of esters is 1. The van der Waals surface area contributed by atoms with Crippen molar-refractivity contribution in [1.82, 2.24) is 0 Å². The van der Waals surface area contributed by atoms with Gasteiger partial charge in [-0.25, -0.2) is 4.79 Å². The van der Waals surface area contributed by atoms with Gasteiger partial charge in [0.25, 0.3) is 0 Å². The monoisotopic (exact) mass is 213 g/mol. The van der Waals surface area contributed by atoms with E-state index in [2.05, 4.69) is 27.2 Å². The van der Waals surface area contributed by atoms with Crippen LogP contribution in [0.4, 0.5) is 0 Å². The summed E-state index contributed by atoms with van der Waals surface area (Å²) in [6.45, 7) is 10.6. The molecular formula is C11H18O2P+. The fourth-order valence-corrected chi connectivity index (χ4v) is 4.83. The van der Waals surface area contributed by atoms with E-state index in [1.807, 2.05) is 6.92 Å². The SMILES string of the molecule is COC(=O)C1=C(C)C(C)=C(C)[P+]1(C)C. The molecule has 0 unspecified atom stereocenters. The molecule has 0 saturated heterocycles. The van der Waals surface area contributed by atoms with Crippen molar-refractivity contribution in [2.45, 2.75) is 20.8 Å². The van der Waals surface area contributed by atoms with Crippen LogP contribution in [0.2, 0.25) is 0 Å². The van der Waals surface area contributed by atoms with E-state index in [1.54, 1.807) is 0 Å². The van der Waals surface area contributed by atoms with Crippen LogP contribution in [0.1, 0.15) is 20.8 Å². The van der Waals surface area contributed by atoms with Gasteiger partial charge in [-0.3, -0.25) is 0 Å². The highest BCUT2D eigenvalue weighted by atomic mass is 31.2. The molecule has 0 aliphatic carbocycles. The normalized spacial score (nSPS) is 20.4. The quantitative estimate of drug-likeness (QED) is 0.494. The van der Waals surface area contributed by atoms with Crippen LogP contribution in [0, 0.1) is 0 Å². The fourth-order valence-electron chi connectivity index (χ4n) is 1.93. The summed E-state index contributed by atoms with van der Waals surface area (Å²) in [4.78, 5) is 11.7. The van der Waals surface area contributed by atoms with Crippen LogP contribution in [0.25, 0.3) is 0 Å². The first-order valence-electron chi connectivity index (χ1n) is 4.66. The zero-order valence-corrected chi connectivity index (χ0v) is 10.7. The number of hydrogen-bond acceptors (Lipinski definition) is 2. The van der Waals surface area contributed by atoms with Crippen LogP contribution < -0.4 is 0 Å². The van der Waals surface area contributed by atoms with Gasteiger partial charge in [0.15, 0.2) is 5.31 Å². The van der Waals surface area contributed by atoms with Crippen molar-refractivity contribution in [2.24, 2.45) is 0 Å². The highest BCUT2D eigenvalue weighted by molar-refractivity contribution is 7.83. The van der Waals surface area contributed by atoms with Gasteiger partial charge >= 0.3 is 5.97 Å². The van der Waals surface area contributed by atoms with Gasteiger partial charge in [0.1, 0.15) is 0 Å². The van der Waals surface area contributed by atoms with Gasteiger partial charge in [0.2, 0.25) is 0 Å². The Bertz CT molecular complexity index is 348. The third-order valence-corrected chi connectivity index (χ3v) is 6.89. The van der Waals surface area contributed by atoms with Crippen molar-refractivity contribution >= 4 is 13.2 Å². The van der Waals surface area contributed by atoms with Crippen LogP contribution in [-0.2, 0) is 9.53 Å². The standard InChI is InChI=1S/C11H18O2P/c1-7-8(2)10(11(12)13-4)14(5,6)9(7)3/h1-6H3/q+1. The number of carbonyl (C=O) groups is 1. The molecule has 14 heavy (non-hydrogen) atoms. The second-order valence-corrected chi connectivity index (χ2v) is 8.15. The lowest BCUT2D eigenvalue weighted by atomic mass is 10.1. The van der Waals surface area contributed by atoms with Crippen molar-refractivity contribution in [3.63, 3.8) is 0 Å². The Morgan fingerprint density at radius 3 is 1.93 bits per heavy atom. The molecule has 3 heteroatoms. The summed E-state index contributed by atoms with van der Waals surface area (Å²) in [5, 5.41) is 2.28. The average Bonchev–Trinajstić information content (AvgIpc) is 2.27. The molecule has 0 amide bonds. The van der Waals surface area contributed by atoms with Gasteiger partial charge < -0.3 is 4.74 Å². The third-order valence-electron chi connectivity index (χ3n) is 3.24. The molecule has 0 N–H and O–H groups in total. The fraction of sp³-hybridized carbons (Fsp3) is 0.545. The van der Waals surface area contributed by atoms with Crippen molar-refractivity contribution in [3.05, 3.63) is 21.8 Å². The average molecular weight is 213 g/mol. The van der Waals surface area contributed by atoms with Gasteiger partial charge in [-0.2, -0.15) is 0 Å². The van der Waals surface area contributed by atoms with E-state index < -0.39 is 7.26 Å². The Balaban J connectivity index is 3.29. The molecule has 1 aliphatic rings. The molecule has 1 rings (SSSR count).